The van der Waals surface area contributed by atoms with Crippen molar-refractivity contribution in [1.82, 2.24) is 15.3 Å². The van der Waals surface area contributed by atoms with E-state index in [1.165, 1.54) is 12.4 Å². The van der Waals surface area contributed by atoms with Crippen molar-refractivity contribution < 1.29 is 19.1 Å². The number of hydrogen-bond acceptors (Lipinski definition) is 6. The molecule has 8 nitrogen and oxygen atoms in total. The maximum absolute atomic E-state index is 12.6. The first-order chi connectivity index (χ1) is 14.1. The summed E-state index contributed by atoms with van der Waals surface area (Å²) in [6, 6.07) is 13.9. The number of ether oxygens (including phenoxy) is 2. The highest BCUT2D eigenvalue weighted by atomic mass is 16.5. The van der Waals surface area contributed by atoms with Crippen LogP contribution in [0, 0.1) is 0 Å². The number of anilines is 1. The van der Waals surface area contributed by atoms with E-state index >= 15 is 0 Å². The molecule has 3 aromatic rings. The topological polar surface area (TPSA) is 102 Å². The van der Waals surface area contributed by atoms with Crippen molar-refractivity contribution >= 4 is 17.6 Å². The lowest BCUT2D eigenvalue weighted by molar-refractivity contribution is 0.0946. The van der Waals surface area contributed by atoms with Crippen LogP contribution in [0.3, 0.4) is 0 Å². The molecule has 0 aliphatic rings. The van der Waals surface area contributed by atoms with Gasteiger partial charge in [-0.3, -0.25) is 9.59 Å². The van der Waals surface area contributed by atoms with Crippen LogP contribution in [0.4, 0.5) is 5.82 Å². The van der Waals surface area contributed by atoms with Gasteiger partial charge in [0.2, 0.25) is 0 Å². The van der Waals surface area contributed by atoms with Crippen LogP contribution >= 0.6 is 0 Å². The van der Waals surface area contributed by atoms with Gasteiger partial charge in [-0.05, 0) is 42.0 Å². The number of hydrogen-bond donors (Lipinski definition) is 2. The van der Waals surface area contributed by atoms with E-state index in [0.717, 1.165) is 5.56 Å². The fourth-order valence-corrected chi connectivity index (χ4v) is 2.57. The van der Waals surface area contributed by atoms with E-state index in [2.05, 4.69) is 20.6 Å². The molecule has 3 rings (SSSR count). The molecule has 0 atom stereocenters. The highest BCUT2D eigenvalue weighted by Gasteiger charge is 2.17. The molecule has 2 aromatic carbocycles. The van der Waals surface area contributed by atoms with E-state index in [1.807, 2.05) is 24.3 Å². The van der Waals surface area contributed by atoms with E-state index in [9.17, 15) is 9.59 Å². The van der Waals surface area contributed by atoms with Gasteiger partial charge in [-0.1, -0.05) is 12.1 Å². The fourth-order valence-electron chi connectivity index (χ4n) is 2.57. The lowest BCUT2D eigenvalue weighted by Gasteiger charge is -2.10. The minimum atomic E-state index is -0.453. The van der Waals surface area contributed by atoms with Crippen LogP contribution in [0.15, 0.2) is 60.9 Å². The molecule has 1 aromatic heterocycles. The number of methoxy groups -OCH3 is 2. The molecule has 2 amide bonds. The van der Waals surface area contributed by atoms with Crippen molar-refractivity contribution in [3.05, 3.63) is 77.7 Å². The highest BCUT2D eigenvalue weighted by molar-refractivity contribution is 6.07. The van der Waals surface area contributed by atoms with E-state index in [1.54, 1.807) is 38.5 Å². The average molecular weight is 392 g/mol. The third kappa shape index (κ3) is 5.07. The summed E-state index contributed by atoms with van der Waals surface area (Å²) in [4.78, 5) is 33.2. The van der Waals surface area contributed by atoms with Crippen LogP contribution in [-0.4, -0.2) is 36.0 Å². The zero-order valence-corrected chi connectivity index (χ0v) is 16.0. The van der Waals surface area contributed by atoms with Crippen molar-refractivity contribution in [2.75, 3.05) is 19.5 Å². The number of nitrogens with zero attached hydrogens (tertiary/aromatic N) is 2. The number of nitrogens with one attached hydrogen (secondary N) is 2. The first kappa shape index (κ1) is 19.8. The van der Waals surface area contributed by atoms with Crippen LogP contribution in [0.25, 0.3) is 0 Å². The summed E-state index contributed by atoms with van der Waals surface area (Å²) in [5.74, 6) is 0.555. The summed E-state index contributed by atoms with van der Waals surface area (Å²) in [5, 5.41) is 5.40. The molecule has 8 heteroatoms. The Hall–Kier alpha value is -3.94. The molecular weight excluding hydrogens is 372 g/mol. The van der Waals surface area contributed by atoms with E-state index in [0.29, 0.717) is 17.1 Å². The predicted molar refractivity (Wildman–Crippen MR) is 107 cm³/mol. The summed E-state index contributed by atoms with van der Waals surface area (Å²) in [7, 11) is 3.13. The maximum atomic E-state index is 12.6. The third-order valence-corrected chi connectivity index (χ3v) is 4.08. The van der Waals surface area contributed by atoms with E-state index < -0.39 is 11.8 Å². The third-order valence-electron chi connectivity index (χ3n) is 4.08. The maximum Gasteiger partial charge on any atom is 0.274 e. The molecule has 0 radical (unpaired) electrons. The Labute approximate surface area is 167 Å². The lowest BCUT2D eigenvalue weighted by atomic mass is 10.2. The molecule has 0 spiro atoms. The smallest absolute Gasteiger partial charge is 0.274 e. The van der Waals surface area contributed by atoms with Gasteiger partial charge in [-0.25, -0.2) is 9.97 Å². The van der Waals surface area contributed by atoms with Gasteiger partial charge in [0.15, 0.2) is 11.5 Å². The molecule has 2 N–H and O–H groups in total. The first-order valence-corrected chi connectivity index (χ1v) is 8.78. The number of carbonyl (C=O) groups is 2. The van der Waals surface area contributed by atoms with Gasteiger partial charge < -0.3 is 20.1 Å². The summed E-state index contributed by atoms with van der Waals surface area (Å²) in [6.45, 7) is 0.276. The Morgan fingerprint density at radius 3 is 2.34 bits per heavy atom. The van der Waals surface area contributed by atoms with E-state index in [-0.39, 0.29) is 18.1 Å². The highest BCUT2D eigenvalue weighted by Crippen LogP contribution is 2.15. The second-order valence-electron chi connectivity index (χ2n) is 5.97. The monoisotopic (exact) mass is 392 g/mol. The molecular formula is C21H20N4O4. The summed E-state index contributed by atoms with van der Waals surface area (Å²) in [6.07, 6.45) is 2.80. The van der Waals surface area contributed by atoms with Gasteiger partial charge in [0.05, 0.1) is 14.2 Å². The van der Waals surface area contributed by atoms with Crippen LogP contribution in [0.1, 0.15) is 26.4 Å². The Bertz CT molecular complexity index is 1010. The molecule has 29 heavy (non-hydrogen) atoms. The first-order valence-electron chi connectivity index (χ1n) is 8.78. The minimum absolute atomic E-state index is 0.0252. The second kappa shape index (κ2) is 9.32. The number of rotatable bonds is 7. The second-order valence-corrected chi connectivity index (χ2v) is 5.97. The van der Waals surface area contributed by atoms with Crippen molar-refractivity contribution in [2.24, 2.45) is 0 Å². The van der Waals surface area contributed by atoms with Crippen molar-refractivity contribution in [2.45, 2.75) is 6.54 Å². The van der Waals surface area contributed by atoms with Gasteiger partial charge in [-0.15, -0.1) is 0 Å². The molecule has 0 bridgehead atoms. The quantitative estimate of drug-likeness (QED) is 0.641. The molecule has 148 valence electrons. The lowest BCUT2D eigenvalue weighted by Crippen LogP contribution is -2.26. The average Bonchev–Trinajstić information content (AvgIpc) is 2.78. The van der Waals surface area contributed by atoms with Gasteiger partial charge in [0, 0.05) is 24.5 Å². The van der Waals surface area contributed by atoms with Crippen molar-refractivity contribution in [3.8, 4) is 11.5 Å². The number of benzene rings is 2. The Morgan fingerprint density at radius 2 is 1.62 bits per heavy atom. The number of amides is 2. The van der Waals surface area contributed by atoms with Crippen molar-refractivity contribution in [3.63, 3.8) is 0 Å². The molecule has 0 fully saturated rings. The van der Waals surface area contributed by atoms with E-state index in [4.69, 9.17) is 9.47 Å². The van der Waals surface area contributed by atoms with Crippen molar-refractivity contribution in [1.29, 1.82) is 0 Å². The normalized spacial score (nSPS) is 10.1. The molecule has 0 aliphatic carbocycles. The summed E-state index contributed by atoms with van der Waals surface area (Å²) >= 11 is 0. The van der Waals surface area contributed by atoms with Crippen LogP contribution in [0.5, 0.6) is 11.5 Å². The molecule has 1 heterocycles. The Kier molecular flexibility index (Phi) is 6.36. The Balaban J connectivity index is 1.70. The van der Waals surface area contributed by atoms with Gasteiger partial charge in [-0.2, -0.15) is 0 Å². The molecule has 0 saturated heterocycles. The van der Waals surface area contributed by atoms with Crippen LogP contribution in [-0.2, 0) is 6.54 Å². The Morgan fingerprint density at radius 1 is 0.897 bits per heavy atom. The zero-order valence-electron chi connectivity index (χ0n) is 16.0. The van der Waals surface area contributed by atoms with Crippen LogP contribution < -0.4 is 20.1 Å². The standard InChI is InChI=1S/C21H20N4O4/c1-28-16-8-6-15(7-9-16)20(26)25-19-18(22-10-11-23-19)21(27)24-13-14-4-3-5-17(12-14)29-2/h3-12H,13H2,1-2H3,(H,24,27)(H,23,25,26). The largest absolute Gasteiger partial charge is 0.497 e. The molecule has 0 aliphatic heterocycles. The predicted octanol–water partition coefficient (Wildman–Crippen LogP) is 2.68. The molecule has 0 unspecified atom stereocenters. The summed E-state index contributed by atoms with van der Waals surface area (Å²) in [5.41, 5.74) is 1.29. The summed E-state index contributed by atoms with van der Waals surface area (Å²) < 4.78 is 10.3. The minimum Gasteiger partial charge on any atom is -0.497 e. The SMILES string of the molecule is COc1ccc(C(=O)Nc2nccnc2C(=O)NCc2cccc(OC)c2)cc1. The van der Waals surface area contributed by atoms with Gasteiger partial charge in [0.25, 0.3) is 11.8 Å². The van der Waals surface area contributed by atoms with Gasteiger partial charge >= 0.3 is 0 Å². The fraction of sp³-hybridized carbons (Fsp3) is 0.143. The number of aromatic nitrogens is 2. The number of carbonyl (C=O) groups excluding carboxylic acids is 2. The molecule has 0 saturated carbocycles. The zero-order chi connectivity index (χ0) is 20.6. The van der Waals surface area contributed by atoms with Gasteiger partial charge in [0.1, 0.15) is 11.5 Å². The van der Waals surface area contributed by atoms with Crippen LogP contribution in [0.2, 0.25) is 0 Å².